The fourth-order valence-corrected chi connectivity index (χ4v) is 4.04. The van der Waals surface area contributed by atoms with Gasteiger partial charge in [0, 0.05) is 24.5 Å². The zero-order valence-electron chi connectivity index (χ0n) is 15.8. The maximum absolute atomic E-state index is 12.1. The van der Waals surface area contributed by atoms with E-state index in [9.17, 15) is 9.59 Å². The van der Waals surface area contributed by atoms with Gasteiger partial charge in [0.2, 0.25) is 11.9 Å². The number of nitrogens with two attached hydrogens (primary N) is 1. The first kappa shape index (κ1) is 19.3. The standard InChI is InChI=1S/C19H21ClN6O3/c1-11-14-12(23-19-24-18(28)16(17(21)27)26(11)19)4-5-13(15(14)20)29-9-3-2-7-25-8-6-22-10-25/h4-6,8,10-11,16H,2-3,7,9H2,1H3,(H2,21,27)(H,23,24,28). The number of nitrogens with zero attached hydrogens (tertiary/aromatic N) is 4. The molecule has 4 rings (SSSR count). The molecule has 0 spiro atoms. The van der Waals surface area contributed by atoms with E-state index in [0.717, 1.165) is 19.4 Å². The molecule has 1 aromatic heterocycles. The molecule has 0 radical (unpaired) electrons. The molecule has 3 N–H and O–H groups in total. The SMILES string of the molecule is CC1c2c(ccc(OCCCCn3ccnc3)c2Cl)N=C2NC(=O)C(C(N)=O)N21. The lowest BCUT2D eigenvalue weighted by atomic mass is 10.0. The van der Waals surface area contributed by atoms with Crippen LogP contribution in [-0.4, -0.2) is 44.9 Å². The zero-order valence-corrected chi connectivity index (χ0v) is 16.6. The largest absolute Gasteiger partial charge is 0.492 e. The summed E-state index contributed by atoms with van der Waals surface area (Å²) < 4.78 is 7.90. The summed E-state index contributed by atoms with van der Waals surface area (Å²) in [6.07, 6.45) is 7.27. The average Bonchev–Trinajstić information content (AvgIpc) is 3.30. The number of benzene rings is 1. The lowest BCUT2D eigenvalue weighted by Crippen LogP contribution is -2.47. The molecule has 2 aliphatic rings. The molecule has 10 heteroatoms. The number of ether oxygens (including phenoxy) is 1. The number of aliphatic imine (C=N–C) groups is 1. The van der Waals surface area contributed by atoms with Crippen molar-refractivity contribution < 1.29 is 14.3 Å². The van der Waals surface area contributed by atoms with Crippen LogP contribution in [-0.2, 0) is 16.1 Å². The normalized spacial score (nSPS) is 20.0. The smallest absolute Gasteiger partial charge is 0.259 e. The van der Waals surface area contributed by atoms with Gasteiger partial charge in [0.15, 0.2) is 6.04 Å². The highest BCUT2D eigenvalue weighted by molar-refractivity contribution is 6.33. The van der Waals surface area contributed by atoms with Gasteiger partial charge in [-0.2, -0.15) is 0 Å². The number of fused-ring (bicyclic) bond motifs is 2. The van der Waals surface area contributed by atoms with E-state index in [0.29, 0.717) is 34.6 Å². The Labute approximate surface area is 172 Å². The Kier molecular flexibility index (Phi) is 5.14. The molecule has 2 unspecified atom stereocenters. The molecule has 2 atom stereocenters. The first-order chi connectivity index (χ1) is 14.0. The van der Waals surface area contributed by atoms with Gasteiger partial charge >= 0.3 is 0 Å². The summed E-state index contributed by atoms with van der Waals surface area (Å²) >= 11 is 6.61. The molecule has 9 nitrogen and oxygen atoms in total. The summed E-state index contributed by atoms with van der Waals surface area (Å²) in [7, 11) is 0. The first-order valence-corrected chi connectivity index (χ1v) is 9.73. The number of aromatic nitrogens is 2. The van der Waals surface area contributed by atoms with Crippen LogP contribution >= 0.6 is 11.6 Å². The van der Waals surface area contributed by atoms with Crippen molar-refractivity contribution in [2.75, 3.05) is 6.61 Å². The second-order valence-electron chi connectivity index (χ2n) is 6.98. The maximum Gasteiger partial charge on any atom is 0.259 e. The van der Waals surface area contributed by atoms with Crippen molar-refractivity contribution in [3.05, 3.63) is 41.4 Å². The summed E-state index contributed by atoms with van der Waals surface area (Å²) in [5.41, 5.74) is 6.75. The van der Waals surface area contributed by atoms with E-state index in [-0.39, 0.29) is 6.04 Å². The Morgan fingerprint density at radius 3 is 2.93 bits per heavy atom. The number of hydrogen-bond donors (Lipinski definition) is 2. The van der Waals surface area contributed by atoms with E-state index in [1.165, 1.54) is 0 Å². The van der Waals surface area contributed by atoms with Crippen molar-refractivity contribution in [2.24, 2.45) is 10.7 Å². The highest BCUT2D eigenvalue weighted by atomic mass is 35.5. The number of halogens is 1. The van der Waals surface area contributed by atoms with Crippen molar-refractivity contribution in [1.29, 1.82) is 0 Å². The Morgan fingerprint density at radius 2 is 2.21 bits per heavy atom. The molecule has 3 heterocycles. The third-order valence-corrected chi connectivity index (χ3v) is 5.48. The van der Waals surface area contributed by atoms with Gasteiger partial charge in [-0.05, 0) is 31.9 Å². The van der Waals surface area contributed by atoms with Gasteiger partial charge in [-0.3, -0.25) is 14.9 Å². The van der Waals surface area contributed by atoms with Gasteiger partial charge in [0.25, 0.3) is 5.91 Å². The van der Waals surface area contributed by atoms with E-state index in [1.54, 1.807) is 29.6 Å². The Balaban J connectivity index is 1.47. The number of aryl methyl sites for hydroxylation is 1. The second kappa shape index (κ2) is 7.75. The van der Waals surface area contributed by atoms with Crippen molar-refractivity contribution in [3.8, 4) is 5.75 Å². The lowest BCUT2D eigenvalue weighted by Gasteiger charge is -2.33. The molecule has 1 saturated heterocycles. The molecule has 1 fully saturated rings. The van der Waals surface area contributed by atoms with Gasteiger partial charge in [0.05, 0.1) is 29.7 Å². The molecule has 152 valence electrons. The van der Waals surface area contributed by atoms with Gasteiger partial charge in [-0.15, -0.1) is 0 Å². The van der Waals surface area contributed by atoms with Crippen LogP contribution in [0.2, 0.25) is 5.02 Å². The average molecular weight is 417 g/mol. The van der Waals surface area contributed by atoms with Crippen molar-refractivity contribution in [2.45, 2.75) is 38.4 Å². The molecule has 0 saturated carbocycles. The minimum Gasteiger partial charge on any atom is -0.492 e. The minimum atomic E-state index is -1.11. The van der Waals surface area contributed by atoms with E-state index in [2.05, 4.69) is 15.3 Å². The highest BCUT2D eigenvalue weighted by Crippen LogP contribution is 2.44. The van der Waals surface area contributed by atoms with Gasteiger partial charge < -0.3 is 19.9 Å². The molecule has 1 aromatic carbocycles. The molecule has 2 aromatic rings. The molecular weight excluding hydrogens is 396 g/mol. The van der Waals surface area contributed by atoms with Crippen molar-refractivity contribution >= 4 is 35.1 Å². The summed E-state index contributed by atoms with van der Waals surface area (Å²) in [5, 5.41) is 3.03. The third-order valence-electron chi connectivity index (χ3n) is 5.09. The summed E-state index contributed by atoms with van der Waals surface area (Å²) in [4.78, 5) is 33.9. The predicted molar refractivity (Wildman–Crippen MR) is 107 cm³/mol. The Hall–Kier alpha value is -3.07. The second-order valence-corrected chi connectivity index (χ2v) is 7.36. The summed E-state index contributed by atoms with van der Waals surface area (Å²) in [5.74, 6) is -0.360. The van der Waals surface area contributed by atoms with Crippen LogP contribution in [0, 0.1) is 0 Å². The molecular formula is C19H21ClN6O3. The molecule has 29 heavy (non-hydrogen) atoms. The number of primary amides is 1. The summed E-state index contributed by atoms with van der Waals surface area (Å²) in [6.45, 7) is 3.24. The number of rotatable bonds is 7. The van der Waals surface area contributed by atoms with Crippen LogP contribution < -0.4 is 15.8 Å². The number of imidazole rings is 1. The maximum atomic E-state index is 12.1. The minimum absolute atomic E-state index is 0.308. The molecule has 0 bridgehead atoms. The topological polar surface area (TPSA) is 115 Å². The van der Waals surface area contributed by atoms with E-state index >= 15 is 0 Å². The number of carbonyl (C=O) groups is 2. The predicted octanol–water partition coefficient (Wildman–Crippen LogP) is 1.74. The van der Waals surface area contributed by atoms with Crippen LogP contribution in [0.25, 0.3) is 0 Å². The monoisotopic (exact) mass is 416 g/mol. The quantitative estimate of drug-likeness (QED) is 0.527. The number of nitrogens with one attached hydrogen (secondary N) is 1. The van der Waals surface area contributed by atoms with Gasteiger partial charge in [0.1, 0.15) is 5.75 Å². The van der Waals surface area contributed by atoms with E-state index < -0.39 is 17.9 Å². The van der Waals surface area contributed by atoms with Gasteiger partial charge in [-0.1, -0.05) is 11.6 Å². The fraction of sp³-hybridized carbons (Fsp3) is 0.368. The third kappa shape index (κ3) is 3.53. The highest BCUT2D eigenvalue weighted by Gasteiger charge is 2.46. The number of carbonyl (C=O) groups excluding carboxylic acids is 2. The number of amides is 2. The summed E-state index contributed by atoms with van der Waals surface area (Å²) in [6, 6.07) is 2.09. The van der Waals surface area contributed by atoms with Gasteiger partial charge in [-0.25, -0.2) is 9.98 Å². The number of hydrogen-bond acceptors (Lipinski definition) is 6. The van der Waals surface area contributed by atoms with Crippen molar-refractivity contribution in [3.63, 3.8) is 0 Å². The van der Waals surface area contributed by atoms with E-state index in [4.69, 9.17) is 22.1 Å². The fourth-order valence-electron chi connectivity index (χ4n) is 3.67. The van der Waals surface area contributed by atoms with Crippen LogP contribution in [0.3, 0.4) is 0 Å². The number of guanidine groups is 1. The van der Waals surface area contributed by atoms with E-state index in [1.807, 2.05) is 17.7 Å². The van der Waals surface area contributed by atoms with Crippen LogP contribution in [0.4, 0.5) is 5.69 Å². The zero-order chi connectivity index (χ0) is 20.5. The number of unbranched alkanes of at least 4 members (excludes halogenated alkanes) is 1. The first-order valence-electron chi connectivity index (χ1n) is 9.35. The molecule has 2 aliphatic heterocycles. The van der Waals surface area contributed by atoms with Crippen LogP contribution in [0.15, 0.2) is 35.8 Å². The van der Waals surface area contributed by atoms with Crippen LogP contribution in [0.5, 0.6) is 5.75 Å². The molecule has 2 amide bonds. The molecule has 0 aliphatic carbocycles. The lowest BCUT2D eigenvalue weighted by molar-refractivity contribution is -0.131. The Bertz CT molecular complexity index is 975. The Morgan fingerprint density at radius 1 is 1.38 bits per heavy atom. The van der Waals surface area contributed by atoms with Crippen molar-refractivity contribution in [1.82, 2.24) is 19.8 Å². The van der Waals surface area contributed by atoms with Crippen LogP contribution in [0.1, 0.15) is 31.4 Å².